The van der Waals surface area contributed by atoms with Crippen LogP contribution in [0, 0.1) is 0 Å². The Morgan fingerprint density at radius 2 is 2.03 bits per heavy atom. The van der Waals surface area contributed by atoms with Gasteiger partial charge in [0, 0.05) is 36.7 Å². The molecule has 4 aromatic heterocycles. The summed E-state index contributed by atoms with van der Waals surface area (Å²) in [5.41, 5.74) is 1.49. The van der Waals surface area contributed by atoms with E-state index in [2.05, 4.69) is 10.3 Å². The Morgan fingerprint density at radius 1 is 1.10 bits per heavy atom. The summed E-state index contributed by atoms with van der Waals surface area (Å²) in [4.78, 5) is 48.3. The molecule has 39 heavy (non-hydrogen) atoms. The number of fused-ring (bicyclic) bond motifs is 2. The minimum absolute atomic E-state index is 0.0288. The SMILES string of the molecule is O=C(NCC1CCCO1)c1ccc2c(=O)n(Cc3ccco3)c(SCc3cc(=O)n4ccccc4n3)nc2c1. The van der Waals surface area contributed by atoms with Crippen LogP contribution in [-0.2, 0) is 17.0 Å². The van der Waals surface area contributed by atoms with E-state index in [0.29, 0.717) is 51.0 Å². The number of nitrogens with zero attached hydrogens (tertiary/aromatic N) is 4. The van der Waals surface area contributed by atoms with E-state index in [9.17, 15) is 14.4 Å². The summed E-state index contributed by atoms with van der Waals surface area (Å²) in [5.74, 6) is 0.675. The fourth-order valence-electron chi connectivity index (χ4n) is 4.58. The molecule has 1 aliphatic heterocycles. The maximum absolute atomic E-state index is 13.6. The van der Waals surface area contributed by atoms with E-state index < -0.39 is 0 Å². The number of benzene rings is 1. The number of hydrogen-bond donors (Lipinski definition) is 1. The van der Waals surface area contributed by atoms with E-state index in [1.165, 1.54) is 26.8 Å². The summed E-state index contributed by atoms with van der Waals surface area (Å²) < 4.78 is 14.1. The predicted octanol–water partition coefficient (Wildman–Crippen LogP) is 3.25. The van der Waals surface area contributed by atoms with Gasteiger partial charge in [0.15, 0.2) is 5.16 Å². The van der Waals surface area contributed by atoms with Crippen molar-refractivity contribution in [3.05, 3.63) is 105 Å². The van der Waals surface area contributed by atoms with Gasteiger partial charge in [0.25, 0.3) is 17.0 Å². The van der Waals surface area contributed by atoms with Crippen LogP contribution in [0.5, 0.6) is 0 Å². The monoisotopic (exact) mass is 543 g/mol. The predicted molar refractivity (Wildman–Crippen MR) is 146 cm³/mol. The number of thioether (sulfide) groups is 1. The van der Waals surface area contributed by atoms with E-state index in [1.54, 1.807) is 54.9 Å². The largest absolute Gasteiger partial charge is 0.467 e. The molecule has 0 bridgehead atoms. The zero-order chi connectivity index (χ0) is 26.8. The number of furan rings is 1. The molecule has 1 amide bonds. The average molecular weight is 544 g/mol. The zero-order valence-electron chi connectivity index (χ0n) is 20.9. The topological polar surface area (TPSA) is 121 Å². The van der Waals surface area contributed by atoms with Crippen LogP contribution in [0.3, 0.4) is 0 Å². The van der Waals surface area contributed by atoms with E-state index in [0.717, 1.165) is 19.4 Å². The highest BCUT2D eigenvalue weighted by Gasteiger charge is 2.19. The fourth-order valence-corrected chi connectivity index (χ4v) is 5.47. The minimum atomic E-state index is -0.253. The molecule has 1 saturated heterocycles. The molecule has 0 aliphatic carbocycles. The first-order valence-electron chi connectivity index (χ1n) is 12.6. The van der Waals surface area contributed by atoms with Crippen molar-refractivity contribution in [3.63, 3.8) is 0 Å². The smallest absolute Gasteiger partial charge is 0.262 e. The molecule has 198 valence electrons. The molecule has 0 spiro atoms. The number of nitrogens with one attached hydrogen (secondary N) is 1. The van der Waals surface area contributed by atoms with Gasteiger partial charge in [-0.25, -0.2) is 9.97 Å². The number of carbonyl (C=O) groups excluding carboxylic acids is 1. The number of pyridine rings is 1. The van der Waals surface area contributed by atoms with Crippen molar-refractivity contribution in [1.29, 1.82) is 0 Å². The number of carbonyl (C=O) groups is 1. The van der Waals surface area contributed by atoms with Crippen molar-refractivity contribution in [1.82, 2.24) is 24.3 Å². The summed E-state index contributed by atoms with van der Waals surface area (Å²) in [6.45, 7) is 1.35. The molecule has 0 radical (unpaired) electrons. The van der Waals surface area contributed by atoms with Crippen molar-refractivity contribution in [3.8, 4) is 0 Å². The van der Waals surface area contributed by atoms with E-state index >= 15 is 0 Å². The van der Waals surface area contributed by atoms with Crippen LogP contribution in [-0.4, -0.2) is 44.1 Å². The lowest BCUT2D eigenvalue weighted by molar-refractivity contribution is 0.0858. The van der Waals surface area contributed by atoms with Crippen molar-refractivity contribution in [2.45, 2.75) is 36.4 Å². The summed E-state index contributed by atoms with van der Waals surface area (Å²) in [7, 11) is 0. The number of rotatable bonds is 8. The van der Waals surface area contributed by atoms with Gasteiger partial charge in [-0.05, 0) is 55.3 Å². The molecule has 1 atom stereocenters. The van der Waals surface area contributed by atoms with Crippen LogP contribution >= 0.6 is 11.8 Å². The molecule has 1 aliphatic rings. The minimum Gasteiger partial charge on any atom is -0.467 e. The van der Waals surface area contributed by atoms with Gasteiger partial charge in [-0.2, -0.15) is 0 Å². The van der Waals surface area contributed by atoms with Crippen molar-refractivity contribution < 1.29 is 13.9 Å². The third kappa shape index (κ3) is 5.36. The lowest BCUT2D eigenvalue weighted by Gasteiger charge is -2.13. The summed E-state index contributed by atoms with van der Waals surface area (Å²) in [6.07, 6.45) is 5.17. The van der Waals surface area contributed by atoms with Gasteiger partial charge in [0.2, 0.25) is 0 Å². The highest BCUT2D eigenvalue weighted by atomic mass is 32.2. The third-order valence-corrected chi connectivity index (χ3v) is 7.57. The highest BCUT2D eigenvalue weighted by molar-refractivity contribution is 7.98. The van der Waals surface area contributed by atoms with Crippen molar-refractivity contribution in [2.75, 3.05) is 13.2 Å². The van der Waals surface area contributed by atoms with Gasteiger partial charge in [-0.15, -0.1) is 0 Å². The molecule has 1 N–H and O–H groups in total. The van der Waals surface area contributed by atoms with Crippen LogP contribution in [0.4, 0.5) is 0 Å². The second kappa shape index (κ2) is 10.9. The fraction of sp³-hybridized carbons (Fsp3) is 0.250. The van der Waals surface area contributed by atoms with Gasteiger partial charge < -0.3 is 14.5 Å². The molecule has 1 unspecified atom stereocenters. The molecular formula is C28H25N5O5S. The second-order valence-corrected chi connectivity index (χ2v) is 10.2. The number of hydrogen-bond acceptors (Lipinski definition) is 8. The van der Waals surface area contributed by atoms with Crippen molar-refractivity contribution in [2.24, 2.45) is 0 Å². The van der Waals surface area contributed by atoms with Crippen LogP contribution in [0.15, 0.2) is 86.2 Å². The highest BCUT2D eigenvalue weighted by Crippen LogP contribution is 2.23. The Bertz CT molecular complexity index is 1770. The molecule has 0 saturated carbocycles. The Morgan fingerprint density at radius 3 is 2.85 bits per heavy atom. The van der Waals surface area contributed by atoms with Crippen LogP contribution in [0.2, 0.25) is 0 Å². The van der Waals surface area contributed by atoms with Gasteiger partial charge >= 0.3 is 0 Å². The Kier molecular flexibility index (Phi) is 6.99. The average Bonchev–Trinajstić information content (AvgIpc) is 3.67. The van der Waals surface area contributed by atoms with E-state index in [-0.39, 0.29) is 29.7 Å². The molecule has 6 rings (SSSR count). The van der Waals surface area contributed by atoms with Crippen LogP contribution in [0.1, 0.15) is 34.7 Å². The molecule has 1 aromatic carbocycles. The van der Waals surface area contributed by atoms with E-state index in [4.69, 9.17) is 14.1 Å². The summed E-state index contributed by atoms with van der Waals surface area (Å²) in [5, 5.41) is 3.73. The first-order chi connectivity index (χ1) is 19.0. The molecular weight excluding hydrogens is 518 g/mol. The number of amides is 1. The van der Waals surface area contributed by atoms with Crippen LogP contribution < -0.4 is 16.4 Å². The van der Waals surface area contributed by atoms with Gasteiger partial charge in [0.05, 0.1) is 35.5 Å². The first kappa shape index (κ1) is 25.1. The molecule has 11 heteroatoms. The van der Waals surface area contributed by atoms with Crippen molar-refractivity contribution >= 4 is 34.2 Å². The maximum Gasteiger partial charge on any atom is 0.262 e. The van der Waals surface area contributed by atoms with Gasteiger partial charge in [-0.1, -0.05) is 17.8 Å². The molecule has 1 fully saturated rings. The van der Waals surface area contributed by atoms with E-state index in [1.807, 2.05) is 6.07 Å². The quantitative estimate of drug-likeness (QED) is 0.234. The molecule has 10 nitrogen and oxygen atoms in total. The first-order valence-corrected chi connectivity index (χ1v) is 13.6. The Labute approximate surface area is 226 Å². The Hall–Kier alpha value is -4.22. The second-order valence-electron chi connectivity index (χ2n) is 9.25. The number of aromatic nitrogens is 4. The number of ether oxygens (including phenoxy) is 1. The lowest BCUT2D eigenvalue weighted by atomic mass is 10.1. The maximum atomic E-state index is 13.6. The summed E-state index contributed by atoms with van der Waals surface area (Å²) in [6, 6.07) is 15.3. The third-order valence-electron chi connectivity index (χ3n) is 6.56. The Balaban J connectivity index is 1.33. The molecule has 5 aromatic rings. The van der Waals surface area contributed by atoms with Gasteiger partial charge in [0.1, 0.15) is 11.4 Å². The normalized spacial score (nSPS) is 15.2. The molecule has 5 heterocycles. The standard InChI is InChI=1S/C28H25N5O5S/c34-25-14-19(30-24-7-1-2-10-32(24)25)17-39-28-31-23-13-18(26(35)29-15-20-5-3-11-37-20)8-9-22(23)27(36)33(28)16-21-6-4-12-38-21/h1-2,4,6-10,12-14,20H,3,5,11,15-17H2,(H,29,35). The van der Waals surface area contributed by atoms with Crippen LogP contribution in [0.25, 0.3) is 16.6 Å². The zero-order valence-corrected chi connectivity index (χ0v) is 21.7. The van der Waals surface area contributed by atoms with Gasteiger partial charge in [-0.3, -0.25) is 23.4 Å². The summed E-state index contributed by atoms with van der Waals surface area (Å²) >= 11 is 1.29. The lowest BCUT2D eigenvalue weighted by Crippen LogP contribution is -2.31.